The SMILES string of the molecule is CCCNCc1cc(Cl)ccc1N(CCC)C(C)C. The van der Waals surface area contributed by atoms with Crippen LogP contribution in [0.2, 0.25) is 5.02 Å². The van der Waals surface area contributed by atoms with Crippen LogP contribution in [0.25, 0.3) is 0 Å². The first kappa shape index (κ1) is 16.3. The zero-order valence-electron chi connectivity index (χ0n) is 12.7. The molecule has 2 nitrogen and oxygen atoms in total. The van der Waals surface area contributed by atoms with Crippen molar-refractivity contribution in [1.29, 1.82) is 0 Å². The van der Waals surface area contributed by atoms with E-state index in [0.717, 1.165) is 37.5 Å². The van der Waals surface area contributed by atoms with E-state index < -0.39 is 0 Å². The van der Waals surface area contributed by atoms with Crippen LogP contribution in [-0.4, -0.2) is 19.1 Å². The first-order valence-corrected chi connectivity index (χ1v) is 7.73. The lowest BCUT2D eigenvalue weighted by molar-refractivity contribution is 0.649. The van der Waals surface area contributed by atoms with Gasteiger partial charge in [-0.25, -0.2) is 0 Å². The zero-order valence-corrected chi connectivity index (χ0v) is 13.4. The molecule has 1 aromatic carbocycles. The molecule has 1 aromatic rings. The summed E-state index contributed by atoms with van der Waals surface area (Å²) in [6.07, 6.45) is 2.31. The van der Waals surface area contributed by atoms with E-state index in [4.69, 9.17) is 11.6 Å². The lowest BCUT2D eigenvalue weighted by Gasteiger charge is -2.31. The van der Waals surface area contributed by atoms with E-state index in [2.05, 4.69) is 50.0 Å². The van der Waals surface area contributed by atoms with Crippen molar-refractivity contribution in [3.8, 4) is 0 Å². The van der Waals surface area contributed by atoms with Crippen molar-refractivity contribution in [3.05, 3.63) is 28.8 Å². The van der Waals surface area contributed by atoms with Gasteiger partial charge >= 0.3 is 0 Å². The molecule has 1 rings (SSSR count). The van der Waals surface area contributed by atoms with Crippen LogP contribution < -0.4 is 10.2 Å². The highest BCUT2D eigenvalue weighted by Gasteiger charge is 2.13. The maximum absolute atomic E-state index is 6.14. The smallest absolute Gasteiger partial charge is 0.0415 e. The van der Waals surface area contributed by atoms with Crippen molar-refractivity contribution in [2.45, 2.75) is 53.1 Å². The summed E-state index contributed by atoms with van der Waals surface area (Å²) in [6.45, 7) is 11.9. The average Bonchev–Trinajstić information content (AvgIpc) is 2.37. The second kappa shape index (κ2) is 8.44. The predicted molar refractivity (Wildman–Crippen MR) is 86.2 cm³/mol. The van der Waals surface area contributed by atoms with Crippen molar-refractivity contribution < 1.29 is 0 Å². The molecule has 0 bridgehead atoms. The maximum atomic E-state index is 6.14. The van der Waals surface area contributed by atoms with Crippen molar-refractivity contribution in [1.82, 2.24) is 5.32 Å². The summed E-state index contributed by atoms with van der Waals surface area (Å²) in [5.41, 5.74) is 2.60. The molecule has 0 fully saturated rings. The summed E-state index contributed by atoms with van der Waals surface area (Å²) in [4.78, 5) is 2.46. The molecular formula is C16H27ClN2. The van der Waals surface area contributed by atoms with Crippen LogP contribution in [-0.2, 0) is 6.54 Å². The molecule has 0 amide bonds. The van der Waals surface area contributed by atoms with Gasteiger partial charge in [0, 0.05) is 29.8 Å². The van der Waals surface area contributed by atoms with E-state index in [9.17, 15) is 0 Å². The molecule has 0 spiro atoms. The first-order chi connectivity index (χ1) is 9.10. The summed E-state index contributed by atoms with van der Waals surface area (Å²) < 4.78 is 0. The molecule has 0 aliphatic carbocycles. The highest BCUT2D eigenvalue weighted by molar-refractivity contribution is 6.30. The van der Waals surface area contributed by atoms with E-state index in [1.807, 2.05) is 6.07 Å². The van der Waals surface area contributed by atoms with Gasteiger partial charge in [0.2, 0.25) is 0 Å². The monoisotopic (exact) mass is 282 g/mol. The fourth-order valence-corrected chi connectivity index (χ4v) is 2.47. The topological polar surface area (TPSA) is 15.3 Å². The normalized spacial score (nSPS) is 11.1. The Bertz CT molecular complexity index is 377. The summed E-state index contributed by atoms with van der Waals surface area (Å²) >= 11 is 6.14. The summed E-state index contributed by atoms with van der Waals surface area (Å²) in [5, 5.41) is 4.29. The minimum atomic E-state index is 0.506. The molecule has 0 aromatic heterocycles. The van der Waals surface area contributed by atoms with E-state index in [0.29, 0.717) is 6.04 Å². The number of benzene rings is 1. The third-order valence-electron chi connectivity index (χ3n) is 3.18. The highest BCUT2D eigenvalue weighted by atomic mass is 35.5. The van der Waals surface area contributed by atoms with E-state index in [1.165, 1.54) is 11.3 Å². The highest BCUT2D eigenvalue weighted by Crippen LogP contribution is 2.26. The lowest BCUT2D eigenvalue weighted by Crippen LogP contribution is -2.32. The van der Waals surface area contributed by atoms with Crippen LogP contribution in [0.5, 0.6) is 0 Å². The fourth-order valence-electron chi connectivity index (χ4n) is 2.27. The molecule has 108 valence electrons. The molecule has 19 heavy (non-hydrogen) atoms. The predicted octanol–water partition coefficient (Wildman–Crippen LogP) is 4.46. The number of nitrogens with zero attached hydrogens (tertiary/aromatic N) is 1. The average molecular weight is 283 g/mol. The largest absolute Gasteiger partial charge is 0.369 e. The molecular weight excluding hydrogens is 256 g/mol. The summed E-state index contributed by atoms with van der Waals surface area (Å²) in [5.74, 6) is 0. The van der Waals surface area contributed by atoms with E-state index in [1.54, 1.807) is 0 Å². The van der Waals surface area contributed by atoms with Crippen molar-refractivity contribution in [3.63, 3.8) is 0 Å². The van der Waals surface area contributed by atoms with Crippen molar-refractivity contribution >= 4 is 17.3 Å². The Morgan fingerprint density at radius 1 is 1.21 bits per heavy atom. The maximum Gasteiger partial charge on any atom is 0.0415 e. The Kier molecular flexibility index (Phi) is 7.25. The Hall–Kier alpha value is -0.730. The molecule has 0 aliphatic rings. The molecule has 0 heterocycles. The quantitative estimate of drug-likeness (QED) is 0.708. The summed E-state index contributed by atoms with van der Waals surface area (Å²) in [7, 11) is 0. The number of hydrogen-bond donors (Lipinski definition) is 1. The molecule has 0 saturated carbocycles. The van der Waals surface area contributed by atoms with Crippen molar-refractivity contribution in [2.24, 2.45) is 0 Å². The van der Waals surface area contributed by atoms with Gasteiger partial charge in [-0.3, -0.25) is 0 Å². The van der Waals surface area contributed by atoms with Crippen LogP contribution in [0.3, 0.4) is 0 Å². The van der Waals surface area contributed by atoms with Gasteiger partial charge in [0.25, 0.3) is 0 Å². The number of anilines is 1. The Morgan fingerprint density at radius 2 is 1.95 bits per heavy atom. The van der Waals surface area contributed by atoms with Gasteiger partial charge < -0.3 is 10.2 Å². The second-order valence-corrected chi connectivity index (χ2v) is 5.67. The van der Waals surface area contributed by atoms with E-state index >= 15 is 0 Å². The second-order valence-electron chi connectivity index (χ2n) is 5.24. The number of halogens is 1. The van der Waals surface area contributed by atoms with Crippen molar-refractivity contribution in [2.75, 3.05) is 18.0 Å². The van der Waals surface area contributed by atoms with Gasteiger partial charge in [-0.15, -0.1) is 0 Å². The molecule has 0 aliphatic heterocycles. The van der Waals surface area contributed by atoms with Crippen LogP contribution in [0.4, 0.5) is 5.69 Å². The minimum Gasteiger partial charge on any atom is -0.369 e. The Morgan fingerprint density at radius 3 is 2.53 bits per heavy atom. The third-order valence-corrected chi connectivity index (χ3v) is 3.42. The molecule has 3 heteroatoms. The van der Waals surface area contributed by atoms with Crippen LogP contribution in [0, 0.1) is 0 Å². The van der Waals surface area contributed by atoms with Crippen LogP contribution in [0.15, 0.2) is 18.2 Å². The number of nitrogens with one attached hydrogen (secondary N) is 1. The van der Waals surface area contributed by atoms with Crippen LogP contribution in [0.1, 0.15) is 46.1 Å². The molecule has 0 atom stereocenters. The lowest BCUT2D eigenvalue weighted by atomic mass is 10.1. The number of rotatable bonds is 8. The van der Waals surface area contributed by atoms with Crippen LogP contribution >= 0.6 is 11.6 Å². The first-order valence-electron chi connectivity index (χ1n) is 7.35. The molecule has 1 N–H and O–H groups in total. The van der Waals surface area contributed by atoms with Gasteiger partial charge in [-0.05, 0) is 57.0 Å². The summed E-state index contributed by atoms with van der Waals surface area (Å²) in [6, 6.07) is 6.74. The van der Waals surface area contributed by atoms with Gasteiger partial charge in [0.1, 0.15) is 0 Å². The molecule has 0 unspecified atom stereocenters. The van der Waals surface area contributed by atoms with Gasteiger partial charge in [0.15, 0.2) is 0 Å². The third kappa shape index (κ3) is 5.04. The van der Waals surface area contributed by atoms with Gasteiger partial charge in [-0.2, -0.15) is 0 Å². The number of hydrogen-bond acceptors (Lipinski definition) is 2. The molecule has 0 radical (unpaired) electrons. The standard InChI is InChI=1S/C16H27ClN2/c1-5-9-18-12-14-11-15(17)7-8-16(14)19(10-6-2)13(3)4/h7-8,11,13,18H,5-6,9-10,12H2,1-4H3. The minimum absolute atomic E-state index is 0.506. The van der Waals surface area contributed by atoms with Gasteiger partial charge in [-0.1, -0.05) is 25.4 Å². The van der Waals surface area contributed by atoms with Gasteiger partial charge in [0.05, 0.1) is 0 Å². The fraction of sp³-hybridized carbons (Fsp3) is 0.625. The Labute approximate surface area is 123 Å². The molecule has 0 saturated heterocycles. The Balaban J connectivity index is 2.95. The zero-order chi connectivity index (χ0) is 14.3. The van der Waals surface area contributed by atoms with E-state index in [-0.39, 0.29) is 0 Å².